The largest absolute Gasteiger partial charge is 0.493 e. The number of aldehydes is 1. The molecule has 1 atom stereocenters. The standard InChI is InChI=1S/C39H35NO3/c1-25-20-26(2)38(27(3)21-25)32-12-15-35(16-13-32)40-39(42)36(22-28-4-6-29(24-41)7-5-28)31-10-8-30(9-11-31)33-14-17-37-34(23-33)18-19-43-37/h4-17,20-21,23-24,36H,18-19,22H2,1-3H3,(H,40,42). The molecule has 0 radical (unpaired) electrons. The summed E-state index contributed by atoms with van der Waals surface area (Å²) in [5, 5.41) is 3.17. The van der Waals surface area contributed by atoms with Crippen molar-refractivity contribution >= 4 is 17.9 Å². The number of hydrogen-bond donors (Lipinski definition) is 1. The van der Waals surface area contributed by atoms with E-state index in [2.05, 4.69) is 86.8 Å². The van der Waals surface area contributed by atoms with Gasteiger partial charge < -0.3 is 10.1 Å². The average molecular weight is 566 g/mol. The molecule has 1 unspecified atom stereocenters. The van der Waals surface area contributed by atoms with Gasteiger partial charge in [0, 0.05) is 17.7 Å². The van der Waals surface area contributed by atoms with Gasteiger partial charge in [0.1, 0.15) is 12.0 Å². The molecule has 4 heteroatoms. The molecule has 0 saturated carbocycles. The fraction of sp³-hybridized carbons (Fsp3) is 0.179. The van der Waals surface area contributed by atoms with Crippen LogP contribution in [0.3, 0.4) is 0 Å². The third kappa shape index (κ3) is 6.14. The number of hydrogen-bond acceptors (Lipinski definition) is 3. The maximum atomic E-state index is 13.8. The Balaban J connectivity index is 1.26. The first-order valence-electron chi connectivity index (χ1n) is 14.8. The highest BCUT2D eigenvalue weighted by atomic mass is 16.5. The number of fused-ring (bicyclic) bond motifs is 1. The van der Waals surface area contributed by atoms with Crippen molar-refractivity contribution in [2.24, 2.45) is 0 Å². The van der Waals surface area contributed by atoms with E-state index in [1.807, 2.05) is 30.3 Å². The summed E-state index contributed by atoms with van der Waals surface area (Å²) in [6.45, 7) is 7.13. The normalized spacial score (nSPS) is 12.7. The second-order valence-corrected chi connectivity index (χ2v) is 11.5. The lowest BCUT2D eigenvalue weighted by atomic mass is 9.89. The Morgan fingerprint density at radius 2 is 1.44 bits per heavy atom. The van der Waals surface area contributed by atoms with Crippen LogP contribution in [0.4, 0.5) is 5.69 Å². The van der Waals surface area contributed by atoms with Crippen LogP contribution >= 0.6 is 0 Å². The van der Waals surface area contributed by atoms with Gasteiger partial charge in [0.25, 0.3) is 0 Å². The SMILES string of the molecule is Cc1cc(C)c(-c2ccc(NC(=O)C(Cc3ccc(C=O)cc3)c3ccc(-c4ccc5c(c4)CCO5)cc3)cc2)c(C)c1. The molecule has 0 saturated heterocycles. The Morgan fingerprint density at radius 1 is 0.791 bits per heavy atom. The van der Waals surface area contributed by atoms with Crippen LogP contribution in [0.15, 0.2) is 103 Å². The molecule has 0 aromatic heterocycles. The van der Waals surface area contributed by atoms with Crippen LogP contribution in [-0.4, -0.2) is 18.8 Å². The van der Waals surface area contributed by atoms with E-state index in [1.54, 1.807) is 12.1 Å². The third-order valence-electron chi connectivity index (χ3n) is 8.33. The number of anilines is 1. The first kappa shape index (κ1) is 28.2. The van der Waals surface area contributed by atoms with E-state index < -0.39 is 5.92 Å². The molecule has 0 fully saturated rings. The third-order valence-corrected chi connectivity index (χ3v) is 8.33. The molecule has 1 aliphatic rings. The minimum Gasteiger partial charge on any atom is -0.493 e. The van der Waals surface area contributed by atoms with Crippen molar-refractivity contribution in [1.29, 1.82) is 0 Å². The van der Waals surface area contributed by atoms with Gasteiger partial charge in [-0.3, -0.25) is 9.59 Å². The number of nitrogens with one attached hydrogen (secondary N) is 1. The van der Waals surface area contributed by atoms with Gasteiger partial charge in [0.2, 0.25) is 5.91 Å². The maximum Gasteiger partial charge on any atom is 0.232 e. The van der Waals surface area contributed by atoms with Gasteiger partial charge in [-0.15, -0.1) is 0 Å². The number of benzene rings is 5. The molecule has 43 heavy (non-hydrogen) atoms. The van der Waals surface area contributed by atoms with Gasteiger partial charge in [-0.2, -0.15) is 0 Å². The Bertz CT molecular complexity index is 1760. The lowest BCUT2D eigenvalue weighted by Crippen LogP contribution is -2.23. The zero-order chi connectivity index (χ0) is 29.9. The number of ether oxygens (including phenoxy) is 1. The van der Waals surface area contributed by atoms with Gasteiger partial charge >= 0.3 is 0 Å². The van der Waals surface area contributed by atoms with Crippen molar-refractivity contribution in [2.75, 3.05) is 11.9 Å². The maximum absolute atomic E-state index is 13.8. The molecule has 214 valence electrons. The van der Waals surface area contributed by atoms with Crippen LogP contribution in [0, 0.1) is 20.8 Å². The molecule has 1 amide bonds. The van der Waals surface area contributed by atoms with Crippen LogP contribution in [0.2, 0.25) is 0 Å². The molecule has 1 N–H and O–H groups in total. The van der Waals surface area contributed by atoms with Crippen molar-refractivity contribution in [3.05, 3.63) is 142 Å². The quantitative estimate of drug-likeness (QED) is 0.192. The highest BCUT2D eigenvalue weighted by Crippen LogP contribution is 2.33. The lowest BCUT2D eigenvalue weighted by molar-refractivity contribution is -0.117. The number of carbonyl (C=O) groups is 2. The van der Waals surface area contributed by atoms with E-state index in [9.17, 15) is 9.59 Å². The molecule has 0 aliphatic carbocycles. The summed E-state index contributed by atoms with van der Waals surface area (Å²) in [5.41, 5.74) is 12.9. The summed E-state index contributed by atoms with van der Waals surface area (Å²) in [4.78, 5) is 25.0. The first-order chi connectivity index (χ1) is 20.9. The summed E-state index contributed by atoms with van der Waals surface area (Å²) in [6.07, 6.45) is 2.28. The zero-order valence-corrected chi connectivity index (χ0v) is 24.8. The monoisotopic (exact) mass is 565 g/mol. The summed E-state index contributed by atoms with van der Waals surface area (Å²) in [6, 6.07) is 34.5. The highest BCUT2D eigenvalue weighted by molar-refractivity contribution is 5.96. The Morgan fingerprint density at radius 3 is 2.12 bits per heavy atom. The van der Waals surface area contributed by atoms with Crippen molar-refractivity contribution in [2.45, 2.75) is 39.5 Å². The van der Waals surface area contributed by atoms with Crippen LogP contribution in [0.5, 0.6) is 5.75 Å². The van der Waals surface area contributed by atoms with Crippen molar-refractivity contribution in [3.8, 4) is 28.0 Å². The fourth-order valence-electron chi connectivity index (χ4n) is 6.19. The topological polar surface area (TPSA) is 55.4 Å². The van der Waals surface area contributed by atoms with E-state index in [-0.39, 0.29) is 5.91 Å². The molecule has 1 aliphatic heterocycles. The summed E-state index contributed by atoms with van der Waals surface area (Å²) in [7, 11) is 0. The predicted molar refractivity (Wildman–Crippen MR) is 174 cm³/mol. The number of rotatable bonds is 8. The fourth-order valence-corrected chi connectivity index (χ4v) is 6.19. The van der Waals surface area contributed by atoms with Crippen molar-refractivity contribution in [1.82, 2.24) is 0 Å². The summed E-state index contributed by atoms with van der Waals surface area (Å²) < 4.78 is 5.67. The van der Waals surface area contributed by atoms with Gasteiger partial charge in [0.05, 0.1) is 12.5 Å². The van der Waals surface area contributed by atoms with Gasteiger partial charge in [-0.05, 0) is 102 Å². The number of carbonyl (C=O) groups excluding carboxylic acids is 2. The Hall–Kier alpha value is -4.96. The highest BCUT2D eigenvalue weighted by Gasteiger charge is 2.22. The summed E-state index contributed by atoms with van der Waals surface area (Å²) in [5.74, 6) is 0.484. The van der Waals surface area contributed by atoms with Crippen LogP contribution in [0.25, 0.3) is 22.3 Å². The average Bonchev–Trinajstić information content (AvgIpc) is 3.49. The lowest BCUT2D eigenvalue weighted by Gasteiger charge is -2.19. The van der Waals surface area contributed by atoms with Crippen molar-refractivity contribution in [3.63, 3.8) is 0 Å². The van der Waals surface area contributed by atoms with E-state index in [0.29, 0.717) is 12.0 Å². The second kappa shape index (κ2) is 12.1. The molecule has 0 bridgehead atoms. The van der Waals surface area contributed by atoms with Crippen molar-refractivity contribution < 1.29 is 14.3 Å². The molecule has 6 rings (SSSR count). The van der Waals surface area contributed by atoms with Crippen LogP contribution < -0.4 is 10.1 Å². The second-order valence-electron chi connectivity index (χ2n) is 11.5. The van der Waals surface area contributed by atoms with Crippen LogP contribution in [-0.2, 0) is 17.6 Å². The molecule has 5 aromatic rings. The Kier molecular flexibility index (Phi) is 7.93. The molecular weight excluding hydrogens is 530 g/mol. The van der Waals surface area contributed by atoms with Gasteiger partial charge in [-0.25, -0.2) is 0 Å². The number of aryl methyl sites for hydroxylation is 3. The zero-order valence-electron chi connectivity index (χ0n) is 24.8. The van der Waals surface area contributed by atoms with Crippen LogP contribution in [0.1, 0.15) is 49.7 Å². The van der Waals surface area contributed by atoms with E-state index >= 15 is 0 Å². The molecule has 0 spiro atoms. The molecular formula is C39H35NO3. The van der Waals surface area contributed by atoms with E-state index in [4.69, 9.17) is 4.74 Å². The molecule has 1 heterocycles. The summed E-state index contributed by atoms with van der Waals surface area (Å²) >= 11 is 0. The first-order valence-corrected chi connectivity index (χ1v) is 14.8. The smallest absolute Gasteiger partial charge is 0.232 e. The van der Waals surface area contributed by atoms with E-state index in [0.717, 1.165) is 58.6 Å². The number of amides is 1. The molecule has 4 nitrogen and oxygen atoms in total. The minimum atomic E-state index is -0.411. The van der Waals surface area contributed by atoms with Gasteiger partial charge in [-0.1, -0.05) is 84.4 Å². The van der Waals surface area contributed by atoms with E-state index in [1.165, 1.54) is 27.8 Å². The minimum absolute atomic E-state index is 0.0719. The predicted octanol–water partition coefficient (Wildman–Crippen LogP) is 8.66. The molecule has 5 aromatic carbocycles. The van der Waals surface area contributed by atoms with Gasteiger partial charge in [0.15, 0.2) is 0 Å². The Labute approximate surface area is 253 Å².